The van der Waals surface area contributed by atoms with Gasteiger partial charge in [-0.1, -0.05) is 0 Å². The number of hydrogen-bond donors (Lipinski definition) is 0. The number of aromatic nitrogens is 1. The maximum Gasteiger partial charge on any atom is 0.573 e. The number of ether oxygens (including phenoxy) is 2. The molecule has 10 heteroatoms. The Morgan fingerprint density at radius 3 is 2.47 bits per heavy atom. The Hall–Kier alpha value is -2.39. The van der Waals surface area contributed by atoms with Crippen molar-refractivity contribution in [2.24, 2.45) is 0 Å². The molecule has 1 aromatic rings. The number of nitrogens with zero attached hydrogens (tertiary/aromatic N) is 2. The van der Waals surface area contributed by atoms with Gasteiger partial charge in [-0.15, -0.1) is 13.2 Å². The smallest absolute Gasteiger partial charge is 0.463 e. The molecule has 0 radical (unpaired) electrons. The largest absolute Gasteiger partial charge is 0.573 e. The monoisotopic (exact) mass is 280 g/mol. The fraction of sp³-hybridized carbons (Fsp3) is 0.333. The van der Waals surface area contributed by atoms with Crippen LogP contribution in [-0.2, 0) is 4.74 Å². The van der Waals surface area contributed by atoms with E-state index in [1.165, 1.54) is 0 Å². The maximum absolute atomic E-state index is 12.1. The number of methoxy groups -OCH3 is 1. The summed E-state index contributed by atoms with van der Waals surface area (Å²) in [5.74, 6) is -3.28. The summed E-state index contributed by atoms with van der Waals surface area (Å²) >= 11 is 0. The minimum Gasteiger partial charge on any atom is -0.463 e. The molecule has 0 unspecified atom stereocenters. The van der Waals surface area contributed by atoms with Gasteiger partial charge < -0.3 is 19.6 Å². The summed E-state index contributed by atoms with van der Waals surface area (Å²) in [5, 5.41) is 10.7. The SMILES string of the molecule is COC(=O)c1cc(C)c(OC(F)(F)F)c([N+](=O)[O-])n1. The average molecular weight is 280 g/mol. The second-order valence-corrected chi connectivity index (χ2v) is 3.27. The summed E-state index contributed by atoms with van der Waals surface area (Å²) in [6.07, 6.45) is -5.11. The number of alkyl halides is 3. The first-order valence-electron chi connectivity index (χ1n) is 4.66. The lowest BCUT2D eigenvalue weighted by atomic mass is 10.2. The Bertz CT molecular complexity index is 529. The number of pyridine rings is 1. The second-order valence-electron chi connectivity index (χ2n) is 3.27. The molecule has 0 spiro atoms. The van der Waals surface area contributed by atoms with E-state index in [9.17, 15) is 28.1 Å². The second kappa shape index (κ2) is 5.08. The number of halogens is 3. The van der Waals surface area contributed by atoms with Gasteiger partial charge in [0.25, 0.3) is 5.69 Å². The van der Waals surface area contributed by atoms with E-state index < -0.39 is 34.5 Å². The molecule has 19 heavy (non-hydrogen) atoms. The molecule has 0 atom stereocenters. The van der Waals surface area contributed by atoms with Crippen LogP contribution in [0.5, 0.6) is 5.75 Å². The Balaban J connectivity index is 3.39. The molecular formula is C9H7F3N2O5. The lowest BCUT2D eigenvalue weighted by Gasteiger charge is -2.11. The van der Waals surface area contributed by atoms with Gasteiger partial charge in [-0.25, -0.2) is 4.79 Å². The molecule has 0 fully saturated rings. The van der Waals surface area contributed by atoms with Crippen molar-refractivity contribution in [2.45, 2.75) is 13.3 Å². The summed E-state index contributed by atoms with van der Waals surface area (Å²) in [6.45, 7) is 1.11. The van der Waals surface area contributed by atoms with E-state index in [-0.39, 0.29) is 5.56 Å². The van der Waals surface area contributed by atoms with Crippen LogP contribution in [0.15, 0.2) is 6.07 Å². The van der Waals surface area contributed by atoms with Gasteiger partial charge in [-0.2, -0.15) is 0 Å². The third-order valence-electron chi connectivity index (χ3n) is 1.93. The molecule has 0 aliphatic heterocycles. The van der Waals surface area contributed by atoms with Crippen molar-refractivity contribution in [2.75, 3.05) is 7.11 Å². The van der Waals surface area contributed by atoms with Crippen molar-refractivity contribution in [1.82, 2.24) is 4.98 Å². The van der Waals surface area contributed by atoms with E-state index >= 15 is 0 Å². The fourth-order valence-electron chi connectivity index (χ4n) is 1.22. The van der Waals surface area contributed by atoms with Crippen molar-refractivity contribution in [3.63, 3.8) is 0 Å². The lowest BCUT2D eigenvalue weighted by molar-refractivity contribution is -0.393. The molecule has 104 valence electrons. The average Bonchev–Trinajstić information content (AvgIpc) is 2.28. The highest BCUT2D eigenvalue weighted by Gasteiger charge is 2.37. The summed E-state index contributed by atoms with van der Waals surface area (Å²) in [7, 11) is 1.01. The third kappa shape index (κ3) is 3.53. The first kappa shape index (κ1) is 14.7. The van der Waals surface area contributed by atoms with Crippen LogP contribution < -0.4 is 4.74 Å². The number of esters is 1. The number of carbonyl (C=O) groups is 1. The highest BCUT2D eigenvalue weighted by Crippen LogP contribution is 2.34. The normalized spacial score (nSPS) is 11.0. The molecule has 0 aliphatic carbocycles. The molecule has 0 aliphatic rings. The molecule has 0 saturated heterocycles. The van der Waals surface area contributed by atoms with Crippen LogP contribution >= 0.6 is 0 Å². The van der Waals surface area contributed by atoms with Crippen LogP contribution in [0.3, 0.4) is 0 Å². The van der Waals surface area contributed by atoms with E-state index in [2.05, 4.69) is 14.5 Å². The molecule has 1 rings (SSSR count). The molecular weight excluding hydrogens is 273 g/mol. The predicted molar refractivity (Wildman–Crippen MR) is 53.7 cm³/mol. The summed E-state index contributed by atoms with van der Waals surface area (Å²) in [5.41, 5.74) is -0.749. The number of nitro groups is 1. The quantitative estimate of drug-likeness (QED) is 0.477. The van der Waals surface area contributed by atoms with Crippen LogP contribution in [0.1, 0.15) is 16.1 Å². The van der Waals surface area contributed by atoms with E-state index in [0.29, 0.717) is 0 Å². The third-order valence-corrected chi connectivity index (χ3v) is 1.93. The molecule has 0 aromatic carbocycles. The van der Waals surface area contributed by atoms with Crippen LogP contribution in [0, 0.1) is 17.0 Å². The number of carbonyl (C=O) groups excluding carboxylic acids is 1. The van der Waals surface area contributed by atoms with Crippen LogP contribution in [-0.4, -0.2) is 29.3 Å². The summed E-state index contributed by atoms with van der Waals surface area (Å²) in [6, 6.07) is 0.903. The molecule has 0 bridgehead atoms. The Labute approximate surface area is 104 Å². The minimum atomic E-state index is -5.11. The molecule has 0 saturated carbocycles. The van der Waals surface area contributed by atoms with Gasteiger partial charge in [0.2, 0.25) is 5.75 Å². The van der Waals surface area contributed by atoms with Gasteiger partial charge >= 0.3 is 18.1 Å². The fourth-order valence-corrected chi connectivity index (χ4v) is 1.22. The van der Waals surface area contributed by atoms with Crippen molar-refractivity contribution >= 4 is 11.8 Å². The van der Waals surface area contributed by atoms with E-state index in [1.54, 1.807) is 0 Å². The number of rotatable bonds is 3. The summed E-state index contributed by atoms with van der Waals surface area (Å²) < 4.78 is 44.2. The molecule has 0 amide bonds. The van der Waals surface area contributed by atoms with Crippen LogP contribution in [0.4, 0.5) is 19.0 Å². The highest BCUT2D eigenvalue weighted by atomic mass is 19.4. The topological polar surface area (TPSA) is 91.6 Å². The van der Waals surface area contributed by atoms with Gasteiger partial charge in [-0.3, -0.25) is 0 Å². The van der Waals surface area contributed by atoms with Gasteiger partial charge in [0.1, 0.15) is 0 Å². The first-order chi connectivity index (χ1) is 8.65. The van der Waals surface area contributed by atoms with Crippen LogP contribution in [0.2, 0.25) is 0 Å². The minimum absolute atomic E-state index is 0.264. The number of aryl methyl sites for hydroxylation is 1. The zero-order valence-corrected chi connectivity index (χ0v) is 9.65. The van der Waals surface area contributed by atoms with E-state index in [0.717, 1.165) is 20.1 Å². The molecule has 7 nitrogen and oxygen atoms in total. The molecule has 1 heterocycles. The predicted octanol–water partition coefficient (Wildman–Crippen LogP) is 1.98. The van der Waals surface area contributed by atoms with Crippen molar-refractivity contribution in [3.05, 3.63) is 27.4 Å². The van der Waals surface area contributed by atoms with Gasteiger partial charge in [0.05, 0.1) is 7.11 Å². The Morgan fingerprint density at radius 1 is 1.47 bits per heavy atom. The van der Waals surface area contributed by atoms with Crippen LogP contribution in [0.25, 0.3) is 0 Å². The zero-order valence-electron chi connectivity index (χ0n) is 9.65. The Morgan fingerprint density at radius 2 is 2.05 bits per heavy atom. The zero-order chi connectivity index (χ0) is 14.8. The highest BCUT2D eigenvalue weighted by molar-refractivity contribution is 5.88. The number of hydrogen-bond acceptors (Lipinski definition) is 6. The van der Waals surface area contributed by atoms with Gasteiger partial charge in [-0.05, 0) is 16.8 Å². The molecule has 1 aromatic heterocycles. The summed E-state index contributed by atoms with van der Waals surface area (Å²) in [4.78, 5) is 23.8. The van der Waals surface area contributed by atoms with Gasteiger partial charge in [0, 0.05) is 11.6 Å². The van der Waals surface area contributed by atoms with E-state index in [1.807, 2.05) is 0 Å². The van der Waals surface area contributed by atoms with Crippen molar-refractivity contribution in [3.8, 4) is 5.75 Å². The van der Waals surface area contributed by atoms with Crippen molar-refractivity contribution < 1.29 is 32.4 Å². The lowest BCUT2D eigenvalue weighted by Crippen LogP contribution is -2.20. The van der Waals surface area contributed by atoms with Crippen molar-refractivity contribution in [1.29, 1.82) is 0 Å². The van der Waals surface area contributed by atoms with E-state index in [4.69, 9.17) is 0 Å². The molecule has 0 N–H and O–H groups in total. The Kier molecular flexibility index (Phi) is 3.92. The van der Waals surface area contributed by atoms with Gasteiger partial charge in [0.15, 0.2) is 0 Å². The standard InChI is InChI=1S/C9H7F3N2O5/c1-4-3-5(8(15)18-2)13-7(14(16)17)6(4)19-9(10,11)12/h3H,1-2H3. The first-order valence-corrected chi connectivity index (χ1v) is 4.66. The maximum atomic E-state index is 12.1.